The van der Waals surface area contributed by atoms with Gasteiger partial charge in [0.05, 0.1) is 48.8 Å². The number of hydrogen-bond donors (Lipinski definition) is 14. The second-order valence-electron chi connectivity index (χ2n) is 26.7. The molecule has 494 valence electrons. The smallest absolute Gasteiger partial charge is 0.394 e. The highest BCUT2D eigenvalue weighted by molar-refractivity contribution is 7.80. The van der Waals surface area contributed by atoms with Crippen LogP contribution < -0.4 is 0 Å². The van der Waals surface area contributed by atoms with Crippen LogP contribution in [0.25, 0.3) is 0 Å². The Kier molecular flexibility index (Phi) is 20.9. The van der Waals surface area contributed by atoms with Gasteiger partial charge in [0, 0.05) is 6.42 Å². The molecule has 28 nitrogen and oxygen atoms in total. The Morgan fingerprint density at radius 2 is 1.13 bits per heavy atom. The fraction of sp³-hybridized carbons (Fsp3) is 0.912. The minimum Gasteiger partial charge on any atom is -0.394 e. The van der Waals surface area contributed by atoms with Gasteiger partial charge in [-0.1, -0.05) is 31.1 Å². The summed E-state index contributed by atoms with van der Waals surface area (Å²) in [5.41, 5.74) is -0.645. The number of aliphatic hydroxyl groups is 13. The van der Waals surface area contributed by atoms with E-state index in [0.717, 1.165) is 11.1 Å². The summed E-state index contributed by atoms with van der Waals surface area (Å²) in [4.78, 5) is 13.2. The van der Waals surface area contributed by atoms with Crippen LogP contribution in [0.5, 0.6) is 0 Å². The van der Waals surface area contributed by atoms with Crippen molar-refractivity contribution in [2.24, 2.45) is 34.5 Å². The Hall–Kier alpha value is -1.90. The molecule has 3 saturated carbocycles. The first-order chi connectivity index (χ1) is 40.1. The standard InChI is InChI=1S/C57H92O28S/c1-21(2)16-26(59)19-57(9,71)34-11-10-29-28-18-32(31-17-27(85-86(72,73)74)12-14-55(31,7)30(28)13-15-56(29,34)8)79-52-45(70)47(38(63)33(20-58)80-52)82-54-49(84-51-43(68)40(65)36(61)23(4)76-51)44(69)46(25(6)78-54)81-53-48(41(66)37(62)24(5)77-53)83-50-42(67)39(64)35(60)22(3)75-50/h13,16,22-25,27-29,31-54,58,60-71H,10-12,14-15,17-20H2,1-9H3,(H,72,73,74)/t22-,23-,24-,25-,27+,28+,29+,31-,32+,33-,34+,35+,36-,37-,38-,39+,40+,41+,42-,43-,44+,45-,46-,47+,48-,49-,50?,51?,52?,53?,54?,55-,56+,57-/m1/s1. The minimum absolute atomic E-state index is 0.0519. The molecule has 14 N–H and O–H groups in total. The van der Waals surface area contributed by atoms with E-state index in [4.69, 9.17) is 51.6 Å². The lowest BCUT2D eigenvalue weighted by Gasteiger charge is -2.60. The first kappa shape index (κ1) is 68.5. The van der Waals surface area contributed by atoms with Crippen molar-refractivity contribution in [2.45, 2.75) is 285 Å². The van der Waals surface area contributed by atoms with Crippen molar-refractivity contribution in [3.63, 3.8) is 0 Å². The van der Waals surface area contributed by atoms with Crippen molar-refractivity contribution in [3.8, 4) is 0 Å². The number of aliphatic hydroxyl groups excluding tert-OH is 12. The summed E-state index contributed by atoms with van der Waals surface area (Å²) >= 11 is 0. The number of ether oxygens (including phenoxy) is 10. The van der Waals surface area contributed by atoms with Crippen molar-refractivity contribution in [1.82, 2.24) is 0 Å². The van der Waals surface area contributed by atoms with Gasteiger partial charge >= 0.3 is 10.4 Å². The zero-order valence-electron chi connectivity index (χ0n) is 49.8. The lowest BCUT2D eigenvalue weighted by atomic mass is 9.47. The van der Waals surface area contributed by atoms with Gasteiger partial charge in [0.25, 0.3) is 0 Å². The highest BCUT2D eigenvalue weighted by Crippen LogP contribution is 2.67. The molecule has 5 unspecified atom stereocenters. The lowest BCUT2D eigenvalue weighted by molar-refractivity contribution is -0.406. The van der Waals surface area contributed by atoms with Crippen LogP contribution in [0.1, 0.15) is 114 Å². The number of allylic oxidation sites excluding steroid dienone is 4. The molecule has 0 aromatic heterocycles. The van der Waals surface area contributed by atoms with Gasteiger partial charge in [-0.05, 0) is 134 Å². The molecule has 0 spiro atoms. The number of carbonyl (C=O) groups is 1. The average molecular weight is 1260 g/mol. The number of rotatable bonds is 17. The summed E-state index contributed by atoms with van der Waals surface area (Å²) in [7, 11) is -4.91. The van der Waals surface area contributed by atoms with Crippen molar-refractivity contribution < 1.29 is 136 Å². The highest BCUT2D eigenvalue weighted by atomic mass is 32.3. The third-order valence-electron chi connectivity index (χ3n) is 20.4. The van der Waals surface area contributed by atoms with Crippen molar-refractivity contribution in [2.75, 3.05) is 6.61 Å². The molecule has 0 aromatic carbocycles. The number of ketones is 1. The Balaban J connectivity index is 1.00. The van der Waals surface area contributed by atoms with Crippen LogP contribution >= 0.6 is 0 Å². The highest BCUT2D eigenvalue weighted by Gasteiger charge is 2.64. The predicted molar refractivity (Wildman–Crippen MR) is 290 cm³/mol. The van der Waals surface area contributed by atoms with Crippen LogP contribution in [-0.2, 0) is 66.7 Å². The topological polar surface area (TPSA) is 436 Å². The molecular weight excluding hydrogens is 1160 g/mol. The van der Waals surface area contributed by atoms with Crippen LogP contribution in [0.2, 0.25) is 0 Å². The van der Waals surface area contributed by atoms with E-state index in [-0.39, 0.29) is 49.2 Å². The van der Waals surface area contributed by atoms with Gasteiger partial charge in [-0.2, -0.15) is 8.42 Å². The fourth-order valence-corrected chi connectivity index (χ4v) is 16.4. The molecule has 5 aliphatic heterocycles. The SMILES string of the molecule is CC(C)=CC(=O)C[C@@](C)(O)[C@H]1CC[C@H]2[C@@H]3C[C@H](OC4O[C@H](CO)[C@@H](O)[C@H](OC5O[C@H](C)[C@@H](OC6O[C@H](C)[C@@H](O)[C@H](O)[C@H]6OC6O[C@H](C)[C@H](O)[C@H](O)[C@H]6O)[C@H](O)[C@H]5OC5O[C@H](C)[C@@H](O)[C@H](O)[C@H]5O)[C@H]4O)[C@H]4C[C@@H](OS(=O)(=O)O)CC[C@]4(C)C3=CC[C@@]21C. The maximum Gasteiger partial charge on any atom is 0.397 e. The van der Waals surface area contributed by atoms with Crippen LogP contribution in [0.3, 0.4) is 0 Å². The van der Waals surface area contributed by atoms with E-state index in [1.54, 1.807) is 6.92 Å². The van der Waals surface area contributed by atoms with E-state index in [1.165, 1.54) is 33.8 Å². The summed E-state index contributed by atoms with van der Waals surface area (Å²) in [6, 6.07) is 0. The van der Waals surface area contributed by atoms with E-state index < -0.39 is 205 Å². The van der Waals surface area contributed by atoms with Crippen LogP contribution in [0, 0.1) is 34.5 Å². The zero-order valence-corrected chi connectivity index (χ0v) is 50.6. The van der Waals surface area contributed by atoms with E-state index >= 15 is 0 Å². The third kappa shape index (κ3) is 13.4. The molecule has 0 aromatic rings. The number of hydrogen-bond acceptors (Lipinski definition) is 27. The maximum absolute atomic E-state index is 13.2. The van der Waals surface area contributed by atoms with Gasteiger partial charge in [0.1, 0.15) is 97.7 Å². The first-order valence-electron chi connectivity index (χ1n) is 30.0. The summed E-state index contributed by atoms with van der Waals surface area (Å²) in [5.74, 6) is -1.30. The molecule has 8 fully saturated rings. The summed E-state index contributed by atoms with van der Waals surface area (Å²) in [6.07, 6.45) is -37.9. The first-order valence-corrected chi connectivity index (χ1v) is 31.4. The summed E-state index contributed by atoms with van der Waals surface area (Å²) < 4.78 is 101. The van der Waals surface area contributed by atoms with E-state index in [0.29, 0.717) is 25.7 Å². The molecule has 9 aliphatic rings. The van der Waals surface area contributed by atoms with Gasteiger partial charge < -0.3 is 114 Å². The largest absolute Gasteiger partial charge is 0.397 e. The van der Waals surface area contributed by atoms with Crippen LogP contribution in [0.4, 0.5) is 0 Å². The third-order valence-corrected chi connectivity index (χ3v) is 20.9. The van der Waals surface area contributed by atoms with Gasteiger partial charge in [-0.3, -0.25) is 9.35 Å². The number of fused-ring (bicyclic) bond motifs is 5. The molecule has 5 saturated heterocycles. The van der Waals surface area contributed by atoms with Gasteiger partial charge in [-0.15, -0.1) is 0 Å². The molecule has 9 rings (SSSR count). The maximum atomic E-state index is 13.2. The van der Waals surface area contributed by atoms with E-state index in [1.807, 2.05) is 20.8 Å². The minimum atomic E-state index is -4.91. The molecule has 29 heteroatoms. The molecule has 0 radical (unpaired) electrons. The quantitative estimate of drug-likeness (QED) is 0.0411. The van der Waals surface area contributed by atoms with Gasteiger partial charge in [0.15, 0.2) is 37.2 Å². The molecular formula is C57H92O28S. The van der Waals surface area contributed by atoms with Gasteiger partial charge in [-0.25, -0.2) is 4.18 Å². The number of carbonyl (C=O) groups excluding carboxylic acids is 1. The lowest BCUT2D eigenvalue weighted by Crippen LogP contribution is -2.68. The van der Waals surface area contributed by atoms with Crippen molar-refractivity contribution in [3.05, 3.63) is 23.3 Å². The average Bonchev–Trinajstić information content (AvgIpc) is 1.31. The molecule has 0 amide bonds. The Morgan fingerprint density at radius 1 is 0.616 bits per heavy atom. The van der Waals surface area contributed by atoms with Gasteiger partial charge in [0.2, 0.25) is 0 Å². The van der Waals surface area contributed by atoms with E-state index in [2.05, 4.69) is 13.0 Å². The van der Waals surface area contributed by atoms with Crippen LogP contribution in [0.15, 0.2) is 23.3 Å². The molecule has 86 heavy (non-hydrogen) atoms. The van der Waals surface area contributed by atoms with Crippen molar-refractivity contribution in [1.29, 1.82) is 0 Å². The Bertz CT molecular complexity index is 2520. The Morgan fingerprint density at radius 3 is 1.69 bits per heavy atom. The fourth-order valence-electron chi connectivity index (χ4n) is 15.9. The molecule has 0 bridgehead atoms. The van der Waals surface area contributed by atoms with E-state index in [9.17, 15) is 84.1 Å². The van der Waals surface area contributed by atoms with Crippen LogP contribution in [-0.4, -0.2) is 263 Å². The molecule has 4 aliphatic carbocycles. The van der Waals surface area contributed by atoms with Crippen molar-refractivity contribution >= 4 is 16.2 Å². The Labute approximate surface area is 499 Å². The summed E-state index contributed by atoms with van der Waals surface area (Å²) in [6.45, 7) is 14.2. The second kappa shape index (κ2) is 26.2. The normalized spacial score (nSPS) is 51.5. The zero-order chi connectivity index (χ0) is 63.2. The summed E-state index contributed by atoms with van der Waals surface area (Å²) in [5, 5.41) is 147. The molecule has 5 heterocycles. The molecule has 34 atom stereocenters. The predicted octanol–water partition coefficient (Wildman–Crippen LogP) is -2.37. The second-order valence-corrected chi connectivity index (χ2v) is 27.7. The monoisotopic (exact) mass is 1260 g/mol.